The predicted octanol–water partition coefficient (Wildman–Crippen LogP) is 2.58. The van der Waals surface area contributed by atoms with Crippen molar-refractivity contribution in [1.82, 2.24) is 4.90 Å². The van der Waals surface area contributed by atoms with Gasteiger partial charge in [0, 0.05) is 13.1 Å². The van der Waals surface area contributed by atoms with Crippen LogP contribution in [0.4, 0.5) is 15.8 Å². The van der Waals surface area contributed by atoms with Gasteiger partial charge in [0.15, 0.2) is 5.82 Å². The van der Waals surface area contributed by atoms with Crippen molar-refractivity contribution in [2.45, 2.75) is 26.2 Å². The Morgan fingerprint density at radius 3 is 2.90 bits per heavy atom. The van der Waals surface area contributed by atoms with E-state index >= 15 is 0 Å². The third kappa shape index (κ3) is 3.12. The molecule has 114 valence electrons. The zero-order valence-electron chi connectivity index (χ0n) is 11.8. The number of nitrogens with two attached hydrogens (primary N) is 1. The van der Waals surface area contributed by atoms with E-state index in [0.717, 1.165) is 25.3 Å². The molecule has 1 amide bonds. The zero-order valence-corrected chi connectivity index (χ0v) is 11.8. The highest BCUT2D eigenvalue weighted by Crippen LogP contribution is 2.28. The number of nitro benzene ring substituents is 1. The lowest BCUT2D eigenvalue weighted by molar-refractivity contribution is -0.385. The zero-order chi connectivity index (χ0) is 15.6. The van der Waals surface area contributed by atoms with Gasteiger partial charge in [-0.1, -0.05) is 13.3 Å². The molecule has 7 heteroatoms. The van der Waals surface area contributed by atoms with Gasteiger partial charge in [-0.15, -0.1) is 0 Å². The molecule has 6 nitrogen and oxygen atoms in total. The van der Waals surface area contributed by atoms with Crippen molar-refractivity contribution in [2.24, 2.45) is 5.92 Å². The molecule has 1 fully saturated rings. The van der Waals surface area contributed by atoms with Crippen LogP contribution in [0.1, 0.15) is 36.5 Å². The molecule has 0 aliphatic carbocycles. The molecule has 1 heterocycles. The standard InChI is InChI=1S/C14H18FN3O3/c1-2-3-9-4-5-17(8-9)14(19)10-6-12(16)11(15)7-13(10)18(20)21/h6-7,9H,2-5,8,16H2,1H3. The second kappa shape index (κ2) is 6.07. The number of nitro groups is 1. The first-order valence-electron chi connectivity index (χ1n) is 6.96. The molecular weight excluding hydrogens is 277 g/mol. The second-order valence-electron chi connectivity index (χ2n) is 5.34. The van der Waals surface area contributed by atoms with Gasteiger partial charge in [0.2, 0.25) is 0 Å². The summed E-state index contributed by atoms with van der Waals surface area (Å²) in [7, 11) is 0. The van der Waals surface area contributed by atoms with E-state index in [-0.39, 0.29) is 11.3 Å². The SMILES string of the molecule is CCCC1CCN(C(=O)c2cc(N)c(F)cc2[N+](=O)[O-])C1. The summed E-state index contributed by atoms with van der Waals surface area (Å²) in [5, 5.41) is 11.0. The molecule has 21 heavy (non-hydrogen) atoms. The Bertz CT molecular complexity index is 577. The highest BCUT2D eigenvalue weighted by molar-refractivity contribution is 5.99. The van der Waals surface area contributed by atoms with Gasteiger partial charge >= 0.3 is 0 Å². The number of nitrogens with zero attached hydrogens (tertiary/aromatic N) is 2. The number of likely N-dealkylation sites (tertiary alicyclic amines) is 1. The fraction of sp³-hybridized carbons (Fsp3) is 0.500. The van der Waals surface area contributed by atoms with Crippen molar-refractivity contribution in [2.75, 3.05) is 18.8 Å². The maximum atomic E-state index is 13.4. The van der Waals surface area contributed by atoms with Crippen molar-refractivity contribution < 1.29 is 14.1 Å². The van der Waals surface area contributed by atoms with E-state index in [9.17, 15) is 19.3 Å². The number of nitrogen functional groups attached to an aromatic ring is 1. The van der Waals surface area contributed by atoms with E-state index in [1.165, 1.54) is 0 Å². The van der Waals surface area contributed by atoms with Crippen molar-refractivity contribution in [3.8, 4) is 0 Å². The van der Waals surface area contributed by atoms with Gasteiger partial charge in [0.05, 0.1) is 16.7 Å². The van der Waals surface area contributed by atoms with Gasteiger partial charge in [-0.25, -0.2) is 4.39 Å². The van der Waals surface area contributed by atoms with E-state index in [1.807, 2.05) is 0 Å². The Kier molecular flexibility index (Phi) is 4.40. The van der Waals surface area contributed by atoms with Crippen LogP contribution in [0.5, 0.6) is 0 Å². The summed E-state index contributed by atoms with van der Waals surface area (Å²) in [6.45, 7) is 3.23. The molecule has 1 aliphatic heterocycles. The minimum Gasteiger partial charge on any atom is -0.396 e. The van der Waals surface area contributed by atoms with Gasteiger partial charge in [-0.05, 0) is 24.8 Å². The van der Waals surface area contributed by atoms with Crippen LogP contribution in [0.25, 0.3) is 0 Å². The Morgan fingerprint density at radius 1 is 1.57 bits per heavy atom. The fourth-order valence-corrected chi connectivity index (χ4v) is 2.73. The molecule has 1 aromatic carbocycles. The summed E-state index contributed by atoms with van der Waals surface area (Å²) in [6, 6.07) is 1.77. The number of hydrogen-bond acceptors (Lipinski definition) is 4. The molecule has 1 atom stereocenters. The molecule has 0 radical (unpaired) electrons. The summed E-state index contributed by atoms with van der Waals surface area (Å²) in [4.78, 5) is 24.3. The first-order chi connectivity index (χ1) is 9.93. The third-order valence-electron chi connectivity index (χ3n) is 3.81. The number of benzene rings is 1. The summed E-state index contributed by atoms with van der Waals surface area (Å²) in [6.07, 6.45) is 2.96. The van der Waals surface area contributed by atoms with E-state index in [2.05, 4.69) is 6.92 Å². The van der Waals surface area contributed by atoms with Crippen molar-refractivity contribution in [3.63, 3.8) is 0 Å². The van der Waals surface area contributed by atoms with Gasteiger partial charge in [0.1, 0.15) is 5.56 Å². The molecule has 0 saturated carbocycles. The highest BCUT2D eigenvalue weighted by atomic mass is 19.1. The first kappa shape index (κ1) is 15.2. The average Bonchev–Trinajstić information content (AvgIpc) is 2.89. The maximum absolute atomic E-state index is 13.4. The minimum absolute atomic E-state index is 0.143. The van der Waals surface area contributed by atoms with Crippen LogP contribution in [0, 0.1) is 21.8 Å². The molecule has 0 bridgehead atoms. The summed E-state index contributed by atoms with van der Waals surface area (Å²) in [5.41, 5.74) is 4.50. The Labute approximate surface area is 121 Å². The normalized spacial score (nSPS) is 18.0. The highest BCUT2D eigenvalue weighted by Gasteiger charge is 2.31. The van der Waals surface area contributed by atoms with Crippen molar-refractivity contribution in [3.05, 3.63) is 33.6 Å². The lowest BCUT2D eigenvalue weighted by atomic mass is 10.0. The van der Waals surface area contributed by atoms with Crippen LogP contribution < -0.4 is 5.73 Å². The number of anilines is 1. The number of carbonyl (C=O) groups excluding carboxylic acids is 1. The average molecular weight is 295 g/mol. The number of halogens is 1. The summed E-state index contributed by atoms with van der Waals surface area (Å²) >= 11 is 0. The second-order valence-corrected chi connectivity index (χ2v) is 5.34. The van der Waals surface area contributed by atoms with Gasteiger partial charge in [0.25, 0.3) is 11.6 Å². The van der Waals surface area contributed by atoms with Crippen LogP contribution in [0.15, 0.2) is 12.1 Å². The smallest absolute Gasteiger partial charge is 0.285 e. The van der Waals surface area contributed by atoms with Crippen LogP contribution in [-0.2, 0) is 0 Å². The van der Waals surface area contributed by atoms with Crippen molar-refractivity contribution in [1.29, 1.82) is 0 Å². The van der Waals surface area contributed by atoms with Crippen molar-refractivity contribution >= 4 is 17.3 Å². The Balaban J connectivity index is 2.27. The van der Waals surface area contributed by atoms with Gasteiger partial charge in [-0.2, -0.15) is 0 Å². The van der Waals surface area contributed by atoms with Crippen LogP contribution >= 0.6 is 0 Å². The topological polar surface area (TPSA) is 89.5 Å². The molecule has 0 spiro atoms. The molecule has 2 rings (SSSR count). The van der Waals surface area contributed by atoms with Crippen LogP contribution in [0.3, 0.4) is 0 Å². The van der Waals surface area contributed by atoms with E-state index in [1.54, 1.807) is 4.90 Å². The Morgan fingerprint density at radius 2 is 2.29 bits per heavy atom. The largest absolute Gasteiger partial charge is 0.396 e. The molecule has 1 unspecified atom stereocenters. The maximum Gasteiger partial charge on any atom is 0.285 e. The summed E-state index contributed by atoms with van der Waals surface area (Å²) < 4.78 is 13.4. The van der Waals surface area contributed by atoms with E-state index in [4.69, 9.17) is 5.73 Å². The number of amides is 1. The van der Waals surface area contributed by atoms with Gasteiger partial charge in [-0.3, -0.25) is 14.9 Å². The lowest BCUT2D eigenvalue weighted by Crippen LogP contribution is -2.29. The monoisotopic (exact) mass is 295 g/mol. The summed E-state index contributed by atoms with van der Waals surface area (Å²) in [5.74, 6) is -0.911. The molecule has 0 aromatic heterocycles. The quantitative estimate of drug-likeness (QED) is 0.525. The number of carbonyl (C=O) groups is 1. The predicted molar refractivity (Wildman–Crippen MR) is 76.4 cm³/mol. The molecule has 2 N–H and O–H groups in total. The van der Waals surface area contributed by atoms with E-state index < -0.39 is 22.3 Å². The van der Waals surface area contributed by atoms with Crippen LogP contribution in [-0.4, -0.2) is 28.8 Å². The van der Waals surface area contributed by atoms with Crippen LogP contribution in [0.2, 0.25) is 0 Å². The number of hydrogen-bond donors (Lipinski definition) is 1. The fourth-order valence-electron chi connectivity index (χ4n) is 2.73. The van der Waals surface area contributed by atoms with E-state index in [0.29, 0.717) is 25.1 Å². The molecular formula is C14H18FN3O3. The Hall–Kier alpha value is -2.18. The third-order valence-corrected chi connectivity index (χ3v) is 3.81. The molecule has 1 saturated heterocycles. The molecule has 1 aliphatic rings. The minimum atomic E-state index is -0.886. The molecule has 1 aromatic rings. The number of rotatable bonds is 4. The lowest BCUT2D eigenvalue weighted by Gasteiger charge is -2.17. The first-order valence-corrected chi connectivity index (χ1v) is 6.96. The van der Waals surface area contributed by atoms with Gasteiger partial charge < -0.3 is 10.6 Å².